The summed E-state index contributed by atoms with van der Waals surface area (Å²) in [6.07, 6.45) is -3.43. The first-order valence-electron chi connectivity index (χ1n) is 10.4. The SMILES string of the molecule is CCOc1cc(NC(=O)c2cc(=O)n(C)cc2C)ccc1S(=O)(=O)Nc1cccc(OC(F)(F)F)c1. The molecule has 0 saturated heterocycles. The molecule has 0 atom stereocenters. The average molecular weight is 526 g/mol. The monoisotopic (exact) mass is 525 g/mol. The van der Waals surface area contributed by atoms with Crippen LogP contribution in [0.5, 0.6) is 11.5 Å². The molecule has 36 heavy (non-hydrogen) atoms. The third-order valence-electron chi connectivity index (χ3n) is 4.78. The molecule has 192 valence electrons. The van der Waals surface area contributed by atoms with Gasteiger partial charge in [0.1, 0.15) is 16.4 Å². The first kappa shape index (κ1) is 26.6. The Morgan fingerprint density at radius 1 is 1.08 bits per heavy atom. The van der Waals surface area contributed by atoms with Crippen molar-refractivity contribution in [1.82, 2.24) is 4.57 Å². The maximum Gasteiger partial charge on any atom is 0.573 e. The Morgan fingerprint density at radius 2 is 1.81 bits per heavy atom. The van der Waals surface area contributed by atoms with Crippen molar-refractivity contribution in [3.63, 3.8) is 0 Å². The Bertz CT molecular complexity index is 1450. The Labute approximate surface area is 204 Å². The third kappa shape index (κ3) is 6.56. The Balaban J connectivity index is 1.88. The summed E-state index contributed by atoms with van der Waals surface area (Å²) in [4.78, 5) is 24.3. The van der Waals surface area contributed by atoms with Gasteiger partial charge in [0, 0.05) is 42.7 Å². The number of carbonyl (C=O) groups is 1. The van der Waals surface area contributed by atoms with Gasteiger partial charge in [-0.3, -0.25) is 14.3 Å². The van der Waals surface area contributed by atoms with Crippen molar-refractivity contribution >= 4 is 27.3 Å². The van der Waals surface area contributed by atoms with E-state index in [-0.39, 0.29) is 39.7 Å². The predicted octanol–water partition coefficient (Wildman–Crippen LogP) is 4.04. The summed E-state index contributed by atoms with van der Waals surface area (Å²) < 4.78 is 76.2. The number of anilines is 2. The molecule has 0 aliphatic heterocycles. The number of carbonyl (C=O) groups excluding carboxylic acids is 1. The molecule has 0 aliphatic carbocycles. The lowest BCUT2D eigenvalue weighted by atomic mass is 10.1. The normalized spacial score (nSPS) is 11.6. The van der Waals surface area contributed by atoms with Crippen LogP contribution in [0, 0.1) is 6.92 Å². The summed E-state index contributed by atoms with van der Waals surface area (Å²) >= 11 is 0. The Kier molecular flexibility index (Phi) is 7.62. The molecule has 0 radical (unpaired) electrons. The maximum absolute atomic E-state index is 13.0. The molecule has 2 aromatic carbocycles. The second-order valence-electron chi connectivity index (χ2n) is 7.55. The molecule has 0 saturated carbocycles. The van der Waals surface area contributed by atoms with E-state index in [1.54, 1.807) is 20.9 Å². The number of nitrogens with zero attached hydrogens (tertiary/aromatic N) is 1. The Morgan fingerprint density at radius 3 is 2.47 bits per heavy atom. The second-order valence-corrected chi connectivity index (χ2v) is 9.20. The molecule has 0 fully saturated rings. The van der Waals surface area contributed by atoms with Crippen LogP contribution < -0.4 is 25.1 Å². The number of rotatable bonds is 8. The molecule has 3 rings (SSSR count). The van der Waals surface area contributed by atoms with Gasteiger partial charge < -0.3 is 19.4 Å². The number of hydrogen-bond acceptors (Lipinski definition) is 6. The number of pyridine rings is 1. The minimum Gasteiger partial charge on any atom is -0.492 e. The van der Waals surface area contributed by atoms with Gasteiger partial charge in [-0.15, -0.1) is 13.2 Å². The van der Waals surface area contributed by atoms with Crippen LogP contribution in [-0.4, -0.2) is 31.9 Å². The van der Waals surface area contributed by atoms with Gasteiger partial charge in [-0.2, -0.15) is 0 Å². The zero-order valence-corrected chi connectivity index (χ0v) is 20.2. The van der Waals surface area contributed by atoms with Crippen molar-refractivity contribution in [2.24, 2.45) is 7.05 Å². The number of aromatic nitrogens is 1. The first-order chi connectivity index (χ1) is 16.8. The molecule has 1 aromatic heterocycles. The van der Waals surface area contributed by atoms with Crippen molar-refractivity contribution < 1.29 is 35.9 Å². The van der Waals surface area contributed by atoms with Crippen LogP contribution >= 0.6 is 0 Å². The molecule has 13 heteroatoms. The van der Waals surface area contributed by atoms with Crippen molar-refractivity contribution in [1.29, 1.82) is 0 Å². The van der Waals surface area contributed by atoms with Gasteiger partial charge in [-0.25, -0.2) is 8.42 Å². The predicted molar refractivity (Wildman–Crippen MR) is 126 cm³/mol. The highest BCUT2D eigenvalue weighted by Gasteiger charge is 2.31. The summed E-state index contributed by atoms with van der Waals surface area (Å²) in [7, 11) is -2.76. The zero-order valence-electron chi connectivity index (χ0n) is 19.3. The number of sulfonamides is 1. The van der Waals surface area contributed by atoms with E-state index in [4.69, 9.17) is 4.74 Å². The lowest BCUT2D eigenvalue weighted by Gasteiger charge is -2.15. The van der Waals surface area contributed by atoms with E-state index in [1.165, 1.54) is 47.2 Å². The quantitative estimate of drug-likeness (QED) is 0.459. The van der Waals surface area contributed by atoms with Crippen LogP contribution in [0.3, 0.4) is 0 Å². The number of alkyl halides is 3. The summed E-state index contributed by atoms with van der Waals surface area (Å²) in [6.45, 7) is 3.37. The van der Waals surface area contributed by atoms with Crippen molar-refractivity contribution in [3.05, 3.63) is 76.2 Å². The van der Waals surface area contributed by atoms with Gasteiger partial charge in [0.15, 0.2) is 0 Å². The van der Waals surface area contributed by atoms with Crippen LogP contribution in [-0.2, 0) is 17.1 Å². The van der Waals surface area contributed by atoms with Gasteiger partial charge in [-0.1, -0.05) is 6.07 Å². The van der Waals surface area contributed by atoms with E-state index in [9.17, 15) is 31.2 Å². The average Bonchev–Trinajstić information content (AvgIpc) is 2.75. The molecular weight excluding hydrogens is 503 g/mol. The minimum atomic E-state index is -4.94. The van der Waals surface area contributed by atoms with Gasteiger partial charge >= 0.3 is 6.36 Å². The lowest BCUT2D eigenvalue weighted by molar-refractivity contribution is -0.274. The number of halogens is 3. The van der Waals surface area contributed by atoms with Crippen LogP contribution in [0.1, 0.15) is 22.8 Å². The molecule has 2 N–H and O–H groups in total. The summed E-state index contributed by atoms with van der Waals surface area (Å²) in [6, 6.07) is 9.32. The van der Waals surface area contributed by atoms with E-state index >= 15 is 0 Å². The summed E-state index contributed by atoms with van der Waals surface area (Å²) in [5, 5.41) is 2.60. The van der Waals surface area contributed by atoms with E-state index in [0.29, 0.717) is 5.56 Å². The highest BCUT2D eigenvalue weighted by atomic mass is 32.2. The van der Waals surface area contributed by atoms with E-state index in [2.05, 4.69) is 14.8 Å². The van der Waals surface area contributed by atoms with Gasteiger partial charge in [0.25, 0.3) is 21.5 Å². The Hall–Kier alpha value is -4.00. The highest BCUT2D eigenvalue weighted by molar-refractivity contribution is 7.92. The largest absolute Gasteiger partial charge is 0.573 e. The standard InChI is InChI=1S/C23H22F3N3O6S/c1-4-34-19-11-15(27-22(31)18-12-21(30)29(3)13-14(18)2)8-9-20(19)36(32,33)28-16-6-5-7-17(10-16)35-23(24,25)26/h5-13,28H,4H2,1-3H3,(H,27,31). The number of hydrogen-bond donors (Lipinski definition) is 2. The number of aryl methyl sites for hydroxylation is 2. The van der Waals surface area contributed by atoms with E-state index in [1.807, 2.05) is 0 Å². The summed E-state index contributed by atoms with van der Waals surface area (Å²) in [5.41, 5.74) is 0.355. The van der Waals surface area contributed by atoms with Gasteiger partial charge in [0.2, 0.25) is 0 Å². The fourth-order valence-electron chi connectivity index (χ4n) is 3.25. The molecule has 3 aromatic rings. The fraction of sp³-hybridized carbons (Fsp3) is 0.217. The molecule has 0 bridgehead atoms. The number of nitrogens with one attached hydrogen (secondary N) is 2. The molecule has 0 unspecified atom stereocenters. The molecular formula is C23H22F3N3O6S. The molecule has 0 spiro atoms. The number of amides is 1. The van der Waals surface area contributed by atoms with Crippen LogP contribution in [0.15, 0.2) is 64.4 Å². The molecule has 9 nitrogen and oxygen atoms in total. The van der Waals surface area contributed by atoms with Crippen molar-refractivity contribution in [3.8, 4) is 11.5 Å². The second kappa shape index (κ2) is 10.3. The number of ether oxygens (including phenoxy) is 2. The van der Waals surface area contributed by atoms with Crippen LogP contribution in [0.4, 0.5) is 24.5 Å². The van der Waals surface area contributed by atoms with E-state index < -0.39 is 28.0 Å². The topological polar surface area (TPSA) is 116 Å². The fourth-order valence-corrected chi connectivity index (χ4v) is 4.43. The molecule has 1 amide bonds. The lowest BCUT2D eigenvalue weighted by Crippen LogP contribution is -2.22. The van der Waals surface area contributed by atoms with Crippen LogP contribution in [0.2, 0.25) is 0 Å². The zero-order chi connectivity index (χ0) is 26.7. The maximum atomic E-state index is 13.0. The smallest absolute Gasteiger partial charge is 0.492 e. The van der Waals surface area contributed by atoms with E-state index in [0.717, 1.165) is 12.1 Å². The van der Waals surface area contributed by atoms with Gasteiger partial charge in [0.05, 0.1) is 12.3 Å². The summed E-state index contributed by atoms with van der Waals surface area (Å²) in [5.74, 6) is -1.29. The van der Waals surface area contributed by atoms with Crippen molar-refractivity contribution in [2.45, 2.75) is 25.1 Å². The van der Waals surface area contributed by atoms with Gasteiger partial charge in [-0.05, 0) is 43.7 Å². The first-order valence-corrected chi connectivity index (χ1v) is 11.9. The highest BCUT2D eigenvalue weighted by Crippen LogP contribution is 2.31. The molecule has 1 heterocycles. The van der Waals surface area contributed by atoms with Crippen LogP contribution in [0.25, 0.3) is 0 Å². The third-order valence-corrected chi connectivity index (χ3v) is 6.20. The van der Waals surface area contributed by atoms with Crippen molar-refractivity contribution in [2.75, 3.05) is 16.6 Å². The molecule has 0 aliphatic rings. The number of benzene rings is 2. The minimum absolute atomic E-state index is 0.0860.